The number of carbonyl (C=O) groups excluding carboxylic acids is 1. The Labute approximate surface area is 268 Å². The molecule has 0 saturated carbocycles. The molecular weight excluding hydrogens is 545 g/mol. The molecule has 0 aromatic rings. The third-order valence-corrected chi connectivity index (χ3v) is 7.37. The molecule has 228 valence electrons. The molecule has 10 heteroatoms. The quantitative estimate of drug-likeness (QED) is 0.0288. The zero-order valence-corrected chi connectivity index (χ0v) is 27.5. The molecule has 0 aliphatic carbocycles. The van der Waals surface area contributed by atoms with Crippen LogP contribution in [0.4, 0.5) is 0 Å². The molecule has 1 amide bonds. The summed E-state index contributed by atoms with van der Waals surface area (Å²) in [4.78, 5) is 22.2. The second-order valence-corrected chi connectivity index (χ2v) is 12.5. The molecule has 0 unspecified atom stereocenters. The van der Waals surface area contributed by atoms with Gasteiger partial charge in [-0.3, -0.25) is 4.79 Å². The first-order chi connectivity index (χ1) is 17.1. The number of rotatable bonds is 25. The Hall–Kier alpha value is -0.0300. The van der Waals surface area contributed by atoms with E-state index in [1.165, 1.54) is 103 Å². The van der Waals surface area contributed by atoms with E-state index in [1.54, 1.807) is 0 Å². The number of nitrogens with one attached hydrogen (secondary N) is 1. The monoisotopic (exact) mass is 603 g/mol. The Morgan fingerprint density at radius 1 is 0.923 bits per heavy atom. The molecule has 0 aliphatic rings. The topological polar surface area (TPSA) is 105 Å². The van der Waals surface area contributed by atoms with Crippen LogP contribution >= 0.6 is 11.8 Å². The summed E-state index contributed by atoms with van der Waals surface area (Å²) in [6.45, 7) is 9.50. The van der Waals surface area contributed by atoms with Gasteiger partial charge in [0.15, 0.2) is 5.09 Å². The van der Waals surface area contributed by atoms with Crippen molar-refractivity contribution in [1.29, 1.82) is 0 Å². The number of hydrogen-bond acceptors (Lipinski definition) is 7. The summed E-state index contributed by atoms with van der Waals surface area (Å²) in [5, 5.41) is 2.92. The maximum absolute atomic E-state index is 11.9. The fraction of sp³-hybridized carbons (Fsp3) is 0.828. The van der Waals surface area contributed by atoms with Gasteiger partial charge in [0.05, 0.1) is 22.5 Å². The second kappa shape index (κ2) is 29.5. The van der Waals surface area contributed by atoms with E-state index in [9.17, 15) is 17.8 Å². The van der Waals surface area contributed by atoms with Crippen LogP contribution < -0.4 is 34.9 Å². The summed E-state index contributed by atoms with van der Waals surface area (Å²) in [6, 6.07) is 0. The maximum atomic E-state index is 11.9. The molecule has 7 nitrogen and oxygen atoms in total. The SMILES string of the molecule is C.C.C=C(OOCCCCCCCC/C=C/CCCCCCCC)SCCC(=O)NC(C)(C)CS(=O)(=O)[O-].[Na+]. The number of carbonyl (C=O) groups is 1. The van der Waals surface area contributed by atoms with Gasteiger partial charge in [-0.25, -0.2) is 8.42 Å². The minimum Gasteiger partial charge on any atom is -0.748 e. The van der Waals surface area contributed by atoms with Crippen molar-refractivity contribution in [3.05, 3.63) is 23.8 Å². The molecule has 0 heterocycles. The summed E-state index contributed by atoms with van der Waals surface area (Å²) < 4.78 is 32.6. The van der Waals surface area contributed by atoms with Crippen LogP contribution in [0.15, 0.2) is 23.8 Å². The smallest absolute Gasteiger partial charge is 0.748 e. The molecule has 0 aliphatic heterocycles. The zero-order chi connectivity index (χ0) is 27.1. The van der Waals surface area contributed by atoms with Crippen LogP contribution in [0.5, 0.6) is 0 Å². The molecule has 0 radical (unpaired) electrons. The van der Waals surface area contributed by atoms with Crippen LogP contribution in [-0.4, -0.2) is 42.5 Å². The summed E-state index contributed by atoms with van der Waals surface area (Å²) in [5.74, 6) is -0.587. The predicted octanol–water partition coefficient (Wildman–Crippen LogP) is 5.28. The molecule has 0 bridgehead atoms. The van der Waals surface area contributed by atoms with E-state index in [4.69, 9.17) is 9.78 Å². The van der Waals surface area contributed by atoms with Crippen LogP contribution in [-0.2, 0) is 24.7 Å². The van der Waals surface area contributed by atoms with Gasteiger partial charge in [0.25, 0.3) is 0 Å². The van der Waals surface area contributed by atoms with Gasteiger partial charge in [-0.05, 0) is 52.5 Å². The van der Waals surface area contributed by atoms with Crippen molar-refractivity contribution in [3.8, 4) is 0 Å². The van der Waals surface area contributed by atoms with Gasteiger partial charge in [-0.1, -0.05) is 103 Å². The third kappa shape index (κ3) is 35.9. The summed E-state index contributed by atoms with van der Waals surface area (Å²) in [6.07, 6.45) is 22.4. The van der Waals surface area contributed by atoms with Crippen molar-refractivity contribution >= 4 is 27.8 Å². The average molecular weight is 604 g/mol. The molecule has 0 atom stereocenters. The van der Waals surface area contributed by atoms with Crippen molar-refractivity contribution in [3.63, 3.8) is 0 Å². The van der Waals surface area contributed by atoms with E-state index in [0.717, 1.165) is 12.8 Å². The van der Waals surface area contributed by atoms with Gasteiger partial charge in [-0.2, -0.15) is 4.89 Å². The largest absolute Gasteiger partial charge is 1.00 e. The number of amides is 1. The van der Waals surface area contributed by atoms with Crippen molar-refractivity contribution in [1.82, 2.24) is 5.32 Å². The number of hydrogen-bond donors (Lipinski definition) is 1. The summed E-state index contributed by atoms with van der Waals surface area (Å²) in [7, 11) is -4.42. The average Bonchev–Trinajstić information content (AvgIpc) is 2.76. The molecular formula is C29H58NNaO6S2. The minimum atomic E-state index is -4.42. The molecule has 0 aromatic carbocycles. The molecule has 0 saturated heterocycles. The Morgan fingerprint density at radius 2 is 1.41 bits per heavy atom. The fourth-order valence-corrected chi connectivity index (χ4v) is 5.28. The number of unbranched alkanes of at least 4 members (excludes halogenated alkanes) is 12. The van der Waals surface area contributed by atoms with Crippen LogP contribution in [0.25, 0.3) is 0 Å². The van der Waals surface area contributed by atoms with E-state index in [-0.39, 0.29) is 56.7 Å². The second-order valence-electron chi connectivity index (χ2n) is 9.95. The van der Waals surface area contributed by atoms with Crippen LogP contribution in [0.1, 0.15) is 132 Å². The zero-order valence-electron chi connectivity index (χ0n) is 23.9. The van der Waals surface area contributed by atoms with E-state index in [1.807, 2.05) is 0 Å². The minimum absolute atomic E-state index is 0. The van der Waals surface area contributed by atoms with Crippen molar-refractivity contribution < 1.29 is 57.1 Å². The van der Waals surface area contributed by atoms with Crippen LogP contribution in [0.3, 0.4) is 0 Å². The Bertz CT molecular complexity index is 715. The van der Waals surface area contributed by atoms with E-state index in [0.29, 0.717) is 17.5 Å². The Balaban J connectivity index is -0.00000204. The standard InChI is InChI=1S/C27H51NO6S2.2CH4.Na/c1-5-6-7-8-9-10-11-12-13-14-15-16-17-18-19-20-22-33-34-25(2)35-23-21-26(29)28-27(3,4)24-36(30,31)32;;;/h12-13H,2,5-11,14-24H2,1,3-4H3,(H,28,29)(H,30,31,32);2*1H4;/q;;;+1/p-1/b13-12+;;;. The van der Waals surface area contributed by atoms with Gasteiger partial charge in [0, 0.05) is 17.7 Å². The molecule has 1 N–H and O–H groups in total. The van der Waals surface area contributed by atoms with Gasteiger partial charge in [0.2, 0.25) is 5.91 Å². The summed E-state index contributed by atoms with van der Waals surface area (Å²) in [5.41, 5.74) is -1.11. The molecule has 0 fully saturated rings. The molecule has 0 rings (SSSR count). The number of allylic oxidation sites excluding steroid dienone is 2. The van der Waals surface area contributed by atoms with Crippen LogP contribution in [0, 0.1) is 0 Å². The van der Waals surface area contributed by atoms with E-state index >= 15 is 0 Å². The Kier molecular flexibility index (Phi) is 34.7. The van der Waals surface area contributed by atoms with E-state index < -0.39 is 21.4 Å². The van der Waals surface area contributed by atoms with Gasteiger partial charge in [0.1, 0.15) is 0 Å². The first kappa shape index (κ1) is 45.9. The van der Waals surface area contributed by atoms with Crippen molar-refractivity contribution in [2.45, 2.75) is 137 Å². The summed E-state index contributed by atoms with van der Waals surface area (Å²) >= 11 is 1.25. The third-order valence-electron chi connectivity index (χ3n) is 5.50. The Morgan fingerprint density at radius 3 is 1.92 bits per heavy atom. The molecule has 39 heavy (non-hydrogen) atoms. The normalized spacial score (nSPS) is 11.3. The van der Waals surface area contributed by atoms with Gasteiger partial charge >= 0.3 is 29.6 Å². The molecule has 0 spiro atoms. The van der Waals surface area contributed by atoms with Gasteiger partial charge < -0.3 is 14.8 Å². The first-order valence-electron chi connectivity index (χ1n) is 13.6. The maximum Gasteiger partial charge on any atom is 1.00 e. The van der Waals surface area contributed by atoms with E-state index in [2.05, 4.69) is 31.0 Å². The van der Waals surface area contributed by atoms with Gasteiger partial charge in [-0.15, -0.1) is 0 Å². The van der Waals surface area contributed by atoms with Crippen LogP contribution in [0.2, 0.25) is 0 Å². The number of thioether (sulfide) groups is 1. The van der Waals surface area contributed by atoms with Crippen molar-refractivity contribution in [2.75, 3.05) is 18.1 Å². The first-order valence-corrected chi connectivity index (χ1v) is 16.1. The molecule has 0 aromatic heterocycles. The van der Waals surface area contributed by atoms with Crippen molar-refractivity contribution in [2.24, 2.45) is 0 Å². The predicted molar refractivity (Wildman–Crippen MR) is 163 cm³/mol. The fourth-order valence-electron chi connectivity index (χ4n) is 3.72.